The minimum atomic E-state index is -1.01. The maximum Gasteiger partial charge on any atom is 0.326 e. The summed E-state index contributed by atoms with van der Waals surface area (Å²) in [5.74, 6) is -0.891. The van der Waals surface area contributed by atoms with E-state index in [1.54, 1.807) is 0 Å². The van der Waals surface area contributed by atoms with Crippen molar-refractivity contribution in [2.75, 3.05) is 6.61 Å². The van der Waals surface area contributed by atoms with Crippen LogP contribution in [0.3, 0.4) is 0 Å². The van der Waals surface area contributed by atoms with Gasteiger partial charge in [-0.05, 0) is 26.7 Å². The Kier molecular flexibility index (Phi) is 8.46. The number of carboxylic acid groups (broad SMARTS) is 1. The highest BCUT2D eigenvalue weighted by Crippen LogP contribution is 2.12. The summed E-state index contributed by atoms with van der Waals surface area (Å²) in [4.78, 5) is 23.0. The zero-order valence-corrected chi connectivity index (χ0v) is 13.4. The molecule has 0 saturated carbocycles. The molecule has 2 N–H and O–H groups in total. The molecule has 1 unspecified atom stereocenters. The monoisotopic (exact) mass is 287 g/mol. The van der Waals surface area contributed by atoms with Crippen LogP contribution in [0.4, 0.5) is 0 Å². The third kappa shape index (κ3) is 8.91. The van der Waals surface area contributed by atoms with E-state index < -0.39 is 12.0 Å². The SMILES string of the molecule is CCC(CC)CC(=O)NC(CCOC(C)(C)C)C(=O)O. The molecule has 0 spiro atoms. The molecule has 0 radical (unpaired) electrons. The first-order chi connectivity index (χ1) is 9.19. The van der Waals surface area contributed by atoms with Crippen molar-refractivity contribution >= 4 is 11.9 Å². The standard InChI is InChI=1S/C15H29NO4/c1-6-11(7-2)10-13(17)16-12(14(18)19)8-9-20-15(3,4)5/h11-12H,6-10H2,1-5H3,(H,16,17)(H,18,19). The Balaban J connectivity index is 4.27. The van der Waals surface area contributed by atoms with Crippen molar-refractivity contribution < 1.29 is 19.4 Å². The Morgan fingerprint density at radius 1 is 1.20 bits per heavy atom. The molecule has 0 aliphatic heterocycles. The second kappa shape index (κ2) is 8.95. The molecule has 0 aromatic heterocycles. The van der Waals surface area contributed by atoms with Gasteiger partial charge in [-0.2, -0.15) is 0 Å². The molecule has 1 atom stereocenters. The van der Waals surface area contributed by atoms with Crippen LogP contribution < -0.4 is 5.32 Å². The third-order valence-corrected chi connectivity index (χ3v) is 3.20. The molecule has 0 bridgehead atoms. The van der Waals surface area contributed by atoms with Crippen LogP contribution in [0.1, 0.15) is 60.3 Å². The van der Waals surface area contributed by atoms with Crippen molar-refractivity contribution in [2.24, 2.45) is 5.92 Å². The zero-order chi connectivity index (χ0) is 15.8. The van der Waals surface area contributed by atoms with Gasteiger partial charge in [0.25, 0.3) is 0 Å². The Morgan fingerprint density at radius 2 is 1.75 bits per heavy atom. The normalized spacial score (nSPS) is 13.3. The molecule has 0 aromatic rings. The Labute approximate surface area is 122 Å². The zero-order valence-electron chi connectivity index (χ0n) is 13.4. The van der Waals surface area contributed by atoms with Crippen LogP contribution in [0.25, 0.3) is 0 Å². The van der Waals surface area contributed by atoms with Crippen LogP contribution in [0.15, 0.2) is 0 Å². The van der Waals surface area contributed by atoms with E-state index in [0.29, 0.717) is 18.9 Å². The van der Waals surface area contributed by atoms with Crippen molar-refractivity contribution in [3.8, 4) is 0 Å². The first-order valence-corrected chi connectivity index (χ1v) is 7.35. The van der Waals surface area contributed by atoms with E-state index in [0.717, 1.165) is 12.8 Å². The van der Waals surface area contributed by atoms with E-state index in [9.17, 15) is 9.59 Å². The van der Waals surface area contributed by atoms with E-state index in [2.05, 4.69) is 5.32 Å². The average molecular weight is 287 g/mol. The summed E-state index contributed by atoms with van der Waals surface area (Å²) in [5, 5.41) is 11.7. The maximum absolute atomic E-state index is 11.8. The van der Waals surface area contributed by atoms with Gasteiger partial charge in [0.15, 0.2) is 0 Å². The topological polar surface area (TPSA) is 75.6 Å². The molecular formula is C15H29NO4. The summed E-state index contributed by atoms with van der Waals surface area (Å²) < 4.78 is 5.50. The first-order valence-electron chi connectivity index (χ1n) is 7.35. The summed E-state index contributed by atoms with van der Waals surface area (Å²) in [6, 6.07) is -0.876. The van der Waals surface area contributed by atoms with Gasteiger partial charge in [0.05, 0.1) is 5.60 Å². The number of aliphatic carboxylic acids is 1. The second-order valence-electron chi connectivity index (χ2n) is 6.09. The van der Waals surface area contributed by atoms with Crippen LogP contribution in [0.2, 0.25) is 0 Å². The molecule has 0 heterocycles. The number of ether oxygens (including phenoxy) is 1. The second-order valence-corrected chi connectivity index (χ2v) is 6.09. The fraction of sp³-hybridized carbons (Fsp3) is 0.867. The van der Waals surface area contributed by atoms with Gasteiger partial charge >= 0.3 is 5.97 Å². The lowest BCUT2D eigenvalue weighted by molar-refractivity contribution is -0.143. The van der Waals surface area contributed by atoms with Crippen molar-refractivity contribution in [3.05, 3.63) is 0 Å². The van der Waals surface area contributed by atoms with Crippen LogP contribution >= 0.6 is 0 Å². The predicted octanol–water partition coefficient (Wildman–Crippen LogP) is 2.59. The number of hydrogen-bond donors (Lipinski definition) is 2. The lowest BCUT2D eigenvalue weighted by atomic mass is 9.99. The summed E-state index contributed by atoms with van der Waals surface area (Å²) in [7, 11) is 0. The van der Waals surface area contributed by atoms with Crippen LogP contribution in [-0.4, -0.2) is 35.2 Å². The molecule has 0 aliphatic rings. The Bertz CT molecular complexity index is 305. The molecule has 0 rings (SSSR count). The van der Waals surface area contributed by atoms with Gasteiger partial charge in [-0.1, -0.05) is 26.7 Å². The Hall–Kier alpha value is -1.10. The fourth-order valence-corrected chi connectivity index (χ4v) is 1.83. The van der Waals surface area contributed by atoms with Gasteiger partial charge in [-0.15, -0.1) is 0 Å². The molecule has 118 valence electrons. The minimum Gasteiger partial charge on any atom is -0.480 e. The summed E-state index contributed by atoms with van der Waals surface area (Å²) in [6.07, 6.45) is 2.52. The molecule has 0 aromatic carbocycles. The van der Waals surface area contributed by atoms with E-state index in [1.165, 1.54) is 0 Å². The smallest absolute Gasteiger partial charge is 0.326 e. The summed E-state index contributed by atoms with van der Waals surface area (Å²) in [6.45, 7) is 10.1. The van der Waals surface area contributed by atoms with Crippen molar-refractivity contribution in [1.29, 1.82) is 0 Å². The molecule has 1 amide bonds. The number of carboxylic acids is 1. The molecule has 0 fully saturated rings. The predicted molar refractivity (Wildman–Crippen MR) is 78.6 cm³/mol. The van der Waals surface area contributed by atoms with Gasteiger partial charge in [0, 0.05) is 19.4 Å². The van der Waals surface area contributed by atoms with Crippen molar-refractivity contribution in [3.63, 3.8) is 0 Å². The lowest BCUT2D eigenvalue weighted by Crippen LogP contribution is -2.42. The molecule has 20 heavy (non-hydrogen) atoms. The largest absolute Gasteiger partial charge is 0.480 e. The lowest BCUT2D eigenvalue weighted by Gasteiger charge is -2.22. The number of carbonyl (C=O) groups is 2. The van der Waals surface area contributed by atoms with Gasteiger partial charge < -0.3 is 15.2 Å². The minimum absolute atomic E-state index is 0.193. The highest BCUT2D eigenvalue weighted by molar-refractivity contribution is 5.83. The molecule has 0 aliphatic carbocycles. The van der Waals surface area contributed by atoms with Gasteiger partial charge in [0.1, 0.15) is 6.04 Å². The summed E-state index contributed by atoms with van der Waals surface area (Å²) >= 11 is 0. The highest BCUT2D eigenvalue weighted by Gasteiger charge is 2.22. The number of carbonyl (C=O) groups excluding carboxylic acids is 1. The van der Waals surface area contributed by atoms with E-state index >= 15 is 0 Å². The van der Waals surface area contributed by atoms with Crippen LogP contribution in [0, 0.1) is 5.92 Å². The maximum atomic E-state index is 11.8. The molecular weight excluding hydrogens is 258 g/mol. The molecule has 5 nitrogen and oxygen atoms in total. The van der Waals surface area contributed by atoms with Gasteiger partial charge in [0.2, 0.25) is 5.91 Å². The average Bonchev–Trinajstić information content (AvgIpc) is 2.33. The molecule has 0 saturated heterocycles. The van der Waals surface area contributed by atoms with Gasteiger partial charge in [-0.3, -0.25) is 4.79 Å². The van der Waals surface area contributed by atoms with E-state index in [-0.39, 0.29) is 17.9 Å². The van der Waals surface area contributed by atoms with E-state index in [4.69, 9.17) is 9.84 Å². The first kappa shape index (κ1) is 18.9. The summed E-state index contributed by atoms with van der Waals surface area (Å²) in [5.41, 5.74) is -0.303. The van der Waals surface area contributed by atoms with Crippen LogP contribution in [0.5, 0.6) is 0 Å². The van der Waals surface area contributed by atoms with E-state index in [1.807, 2.05) is 34.6 Å². The van der Waals surface area contributed by atoms with Crippen molar-refractivity contribution in [1.82, 2.24) is 5.32 Å². The van der Waals surface area contributed by atoms with Crippen molar-refractivity contribution in [2.45, 2.75) is 71.9 Å². The quantitative estimate of drug-likeness (QED) is 0.683. The highest BCUT2D eigenvalue weighted by atomic mass is 16.5. The number of rotatable bonds is 9. The molecule has 5 heteroatoms. The van der Waals surface area contributed by atoms with Gasteiger partial charge in [-0.25, -0.2) is 4.79 Å². The van der Waals surface area contributed by atoms with Crippen LogP contribution in [-0.2, 0) is 14.3 Å². The number of hydrogen-bond acceptors (Lipinski definition) is 3. The Morgan fingerprint density at radius 3 is 2.15 bits per heavy atom. The fourth-order valence-electron chi connectivity index (χ4n) is 1.83. The number of amides is 1. The third-order valence-electron chi connectivity index (χ3n) is 3.20. The number of nitrogens with one attached hydrogen (secondary N) is 1.